The lowest BCUT2D eigenvalue weighted by Crippen LogP contribution is -2.26. The van der Waals surface area contributed by atoms with E-state index in [0.717, 1.165) is 17.7 Å². The Morgan fingerprint density at radius 3 is 2.32 bits per heavy atom. The molecule has 0 saturated carbocycles. The summed E-state index contributed by atoms with van der Waals surface area (Å²) in [4.78, 5) is 12.8. The standard InChI is InChI=1S/C22H29NO4S/c1-16(2)13-14-27-20-11-7-5-9-18(20)15-23-22(24)19-10-6-8-12-21(19)28(25,26)17(3)4/h5-12,16-17H,13-15H2,1-4H3,(H,23,24). The number of carbonyl (C=O) groups excluding carboxylic acids is 1. The molecule has 0 unspecified atom stereocenters. The summed E-state index contributed by atoms with van der Waals surface area (Å²) >= 11 is 0. The number of amides is 1. The number of sulfone groups is 1. The molecule has 0 bridgehead atoms. The molecule has 1 N–H and O–H groups in total. The number of ether oxygens (including phenoxy) is 1. The largest absolute Gasteiger partial charge is 0.493 e. The van der Waals surface area contributed by atoms with E-state index in [1.807, 2.05) is 24.3 Å². The summed E-state index contributed by atoms with van der Waals surface area (Å²) in [5.74, 6) is 0.856. The molecule has 0 heterocycles. The Bertz CT molecular complexity index is 904. The van der Waals surface area contributed by atoms with Gasteiger partial charge in [-0.1, -0.05) is 44.2 Å². The quantitative estimate of drug-likeness (QED) is 0.680. The lowest BCUT2D eigenvalue weighted by molar-refractivity contribution is 0.0947. The zero-order valence-electron chi connectivity index (χ0n) is 16.9. The minimum atomic E-state index is -3.55. The molecule has 152 valence electrons. The average Bonchev–Trinajstić information content (AvgIpc) is 2.66. The zero-order chi connectivity index (χ0) is 20.7. The molecule has 0 saturated heterocycles. The van der Waals surface area contributed by atoms with Crippen molar-refractivity contribution in [2.24, 2.45) is 5.92 Å². The van der Waals surface area contributed by atoms with Crippen LogP contribution < -0.4 is 10.1 Å². The summed E-state index contributed by atoms with van der Waals surface area (Å²) in [5, 5.41) is 2.22. The van der Waals surface area contributed by atoms with Crippen LogP contribution in [0.5, 0.6) is 5.75 Å². The van der Waals surface area contributed by atoms with Crippen molar-refractivity contribution in [2.45, 2.75) is 50.8 Å². The molecule has 0 aromatic heterocycles. The Kier molecular flexibility index (Phi) is 7.63. The van der Waals surface area contributed by atoms with Gasteiger partial charge in [-0.05, 0) is 44.4 Å². The van der Waals surface area contributed by atoms with Gasteiger partial charge in [0.15, 0.2) is 9.84 Å². The third-order valence-electron chi connectivity index (χ3n) is 4.42. The number of hydrogen-bond acceptors (Lipinski definition) is 4. The van der Waals surface area contributed by atoms with Crippen LogP contribution in [0.4, 0.5) is 0 Å². The molecule has 6 heteroatoms. The fourth-order valence-corrected chi connectivity index (χ4v) is 3.87. The van der Waals surface area contributed by atoms with Crippen LogP contribution in [0.1, 0.15) is 50.0 Å². The van der Waals surface area contributed by atoms with Crippen molar-refractivity contribution < 1.29 is 17.9 Å². The maximum atomic E-state index is 12.7. The average molecular weight is 404 g/mol. The van der Waals surface area contributed by atoms with Crippen molar-refractivity contribution in [3.8, 4) is 5.75 Å². The van der Waals surface area contributed by atoms with Crippen molar-refractivity contribution in [3.05, 3.63) is 59.7 Å². The van der Waals surface area contributed by atoms with Gasteiger partial charge in [0.2, 0.25) is 0 Å². The fraction of sp³-hybridized carbons (Fsp3) is 0.409. The highest BCUT2D eigenvalue weighted by atomic mass is 32.2. The number of hydrogen-bond donors (Lipinski definition) is 1. The molecule has 0 radical (unpaired) electrons. The fourth-order valence-electron chi connectivity index (χ4n) is 2.62. The summed E-state index contributed by atoms with van der Waals surface area (Å²) in [5.41, 5.74) is 1.01. The van der Waals surface area contributed by atoms with Crippen LogP contribution >= 0.6 is 0 Å². The number of benzene rings is 2. The smallest absolute Gasteiger partial charge is 0.252 e. The van der Waals surface area contributed by atoms with Gasteiger partial charge >= 0.3 is 0 Å². The van der Waals surface area contributed by atoms with Crippen molar-refractivity contribution in [1.29, 1.82) is 0 Å². The molecule has 0 aliphatic rings. The van der Waals surface area contributed by atoms with Crippen LogP contribution in [-0.4, -0.2) is 26.2 Å². The van der Waals surface area contributed by atoms with Crippen molar-refractivity contribution in [1.82, 2.24) is 5.32 Å². The van der Waals surface area contributed by atoms with E-state index < -0.39 is 21.0 Å². The number of para-hydroxylation sites is 1. The van der Waals surface area contributed by atoms with Gasteiger partial charge in [-0.25, -0.2) is 8.42 Å². The Labute approximate surface area is 168 Å². The predicted octanol–water partition coefficient (Wildman–Crippen LogP) is 4.22. The molecular weight excluding hydrogens is 374 g/mol. The lowest BCUT2D eigenvalue weighted by atomic mass is 10.1. The highest BCUT2D eigenvalue weighted by Gasteiger charge is 2.25. The van der Waals surface area contributed by atoms with Crippen LogP contribution in [0.2, 0.25) is 0 Å². The number of nitrogens with one attached hydrogen (secondary N) is 1. The van der Waals surface area contributed by atoms with Crippen LogP contribution in [0.15, 0.2) is 53.4 Å². The van der Waals surface area contributed by atoms with Gasteiger partial charge in [-0.3, -0.25) is 4.79 Å². The number of carbonyl (C=O) groups is 1. The molecule has 0 fully saturated rings. The van der Waals surface area contributed by atoms with Crippen molar-refractivity contribution in [2.75, 3.05) is 6.61 Å². The van der Waals surface area contributed by atoms with Gasteiger partial charge in [0, 0.05) is 12.1 Å². The second kappa shape index (κ2) is 9.73. The zero-order valence-corrected chi connectivity index (χ0v) is 17.8. The van der Waals surface area contributed by atoms with Gasteiger partial charge in [0.05, 0.1) is 22.3 Å². The van der Waals surface area contributed by atoms with E-state index in [9.17, 15) is 13.2 Å². The van der Waals surface area contributed by atoms with E-state index in [0.29, 0.717) is 12.5 Å². The van der Waals surface area contributed by atoms with Crippen molar-refractivity contribution >= 4 is 15.7 Å². The third kappa shape index (κ3) is 5.58. The lowest BCUT2D eigenvalue weighted by Gasteiger charge is -2.15. The van der Waals surface area contributed by atoms with Crippen LogP contribution in [0.25, 0.3) is 0 Å². The van der Waals surface area contributed by atoms with Gasteiger partial charge in [0.1, 0.15) is 5.75 Å². The Hall–Kier alpha value is -2.34. The molecule has 0 atom stereocenters. The first-order valence-electron chi connectivity index (χ1n) is 9.55. The van der Waals surface area contributed by atoms with Gasteiger partial charge in [0.25, 0.3) is 5.91 Å². The minimum absolute atomic E-state index is 0.0592. The van der Waals surface area contributed by atoms with Crippen molar-refractivity contribution in [3.63, 3.8) is 0 Å². The van der Waals surface area contributed by atoms with E-state index in [2.05, 4.69) is 19.2 Å². The maximum Gasteiger partial charge on any atom is 0.252 e. The molecule has 1 amide bonds. The summed E-state index contributed by atoms with van der Waals surface area (Å²) < 4.78 is 31.0. The van der Waals surface area contributed by atoms with E-state index in [1.54, 1.807) is 26.0 Å². The second-order valence-electron chi connectivity index (χ2n) is 7.41. The summed E-state index contributed by atoms with van der Waals surface area (Å²) in [6.07, 6.45) is 0.946. The van der Waals surface area contributed by atoms with E-state index in [1.165, 1.54) is 12.1 Å². The topological polar surface area (TPSA) is 72.5 Å². The highest BCUT2D eigenvalue weighted by molar-refractivity contribution is 7.92. The molecule has 2 aromatic carbocycles. The minimum Gasteiger partial charge on any atom is -0.493 e. The molecule has 28 heavy (non-hydrogen) atoms. The number of rotatable bonds is 9. The van der Waals surface area contributed by atoms with Crippen LogP contribution in [0, 0.1) is 5.92 Å². The molecule has 2 aromatic rings. The normalized spacial score (nSPS) is 11.6. The van der Waals surface area contributed by atoms with E-state index in [-0.39, 0.29) is 17.0 Å². The van der Waals surface area contributed by atoms with Gasteiger partial charge < -0.3 is 10.1 Å². The first-order chi connectivity index (χ1) is 13.2. The predicted molar refractivity (Wildman–Crippen MR) is 111 cm³/mol. The second-order valence-corrected chi connectivity index (χ2v) is 9.88. The molecule has 0 spiro atoms. The summed E-state index contributed by atoms with van der Waals surface area (Å²) in [6, 6.07) is 13.8. The van der Waals surface area contributed by atoms with E-state index in [4.69, 9.17) is 4.74 Å². The SMILES string of the molecule is CC(C)CCOc1ccccc1CNC(=O)c1ccccc1S(=O)(=O)C(C)C. The maximum absolute atomic E-state index is 12.7. The molecule has 2 rings (SSSR count). The molecular formula is C22H29NO4S. The molecule has 0 aliphatic carbocycles. The Balaban J connectivity index is 2.14. The van der Waals surface area contributed by atoms with E-state index >= 15 is 0 Å². The third-order valence-corrected chi connectivity index (χ3v) is 6.63. The summed E-state index contributed by atoms with van der Waals surface area (Å²) in [7, 11) is -3.55. The Morgan fingerprint density at radius 2 is 1.64 bits per heavy atom. The summed E-state index contributed by atoms with van der Waals surface area (Å²) in [6.45, 7) is 8.35. The van der Waals surface area contributed by atoms with Gasteiger partial charge in [-0.2, -0.15) is 0 Å². The Morgan fingerprint density at radius 1 is 1.00 bits per heavy atom. The van der Waals surface area contributed by atoms with Gasteiger partial charge in [-0.15, -0.1) is 0 Å². The molecule has 5 nitrogen and oxygen atoms in total. The first kappa shape index (κ1) is 22.0. The molecule has 0 aliphatic heterocycles. The highest BCUT2D eigenvalue weighted by Crippen LogP contribution is 2.22. The van der Waals surface area contributed by atoms with Crippen LogP contribution in [0.3, 0.4) is 0 Å². The first-order valence-corrected chi connectivity index (χ1v) is 11.1. The monoisotopic (exact) mass is 403 g/mol. The van der Waals surface area contributed by atoms with Crippen LogP contribution in [-0.2, 0) is 16.4 Å².